The fraction of sp³-hybridized carbons (Fsp3) is 0.536. The summed E-state index contributed by atoms with van der Waals surface area (Å²) < 4.78 is 29.0. The van der Waals surface area contributed by atoms with Crippen LogP contribution in [0.15, 0.2) is 48.5 Å². The first kappa shape index (κ1) is 23.8. The molecule has 2 aromatic carbocycles. The molecule has 3 heteroatoms. The van der Waals surface area contributed by atoms with E-state index in [1.165, 1.54) is 82.6 Å². The highest BCUT2D eigenvalue weighted by atomic mass is 19.3. The lowest BCUT2D eigenvalue weighted by atomic mass is 9.77. The second kappa shape index (κ2) is 12.8. The molecule has 1 aliphatic rings. The highest BCUT2D eigenvalue weighted by Gasteiger charge is 2.22. The van der Waals surface area contributed by atoms with E-state index in [9.17, 15) is 8.78 Å². The molecule has 0 amide bonds. The van der Waals surface area contributed by atoms with Gasteiger partial charge in [-0.2, -0.15) is 8.78 Å². The maximum absolute atomic E-state index is 12.3. The van der Waals surface area contributed by atoms with Crippen molar-refractivity contribution in [3.63, 3.8) is 0 Å². The molecule has 0 heterocycles. The van der Waals surface area contributed by atoms with Crippen LogP contribution < -0.4 is 4.74 Å². The SMILES string of the molecule is CCCCCCCCCC1CC[C](c2ccc(-c3ccc(OC(F)F)cc3)cc2)CC1. The van der Waals surface area contributed by atoms with Crippen molar-refractivity contribution in [2.24, 2.45) is 5.92 Å². The first-order valence-corrected chi connectivity index (χ1v) is 12.2. The topological polar surface area (TPSA) is 9.23 Å². The summed E-state index contributed by atoms with van der Waals surface area (Å²) in [5.74, 6) is 2.69. The van der Waals surface area contributed by atoms with Crippen LogP contribution in [0.3, 0.4) is 0 Å². The summed E-state index contributed by atoms with van der Waals surface area (Å²) in [6.07, 6.45) is 16.3. The van der Waals surface area contributed by atoms with Gasteiger partial charge in [-0.1, -0.05) is 94.7 Å². The Morgan fingerprint density at radius 2 is 1.26 bits per heavy atom. The van der Waals surface area contributed by atoms with Gasteiger partial charge in [0.2, 0.25) is 0 Å². The number of hydrogen-bond acceptors (Lipinski definition) is 1. The molecule has 2 aromatic rings. The lowest BCUT2D eigenvalue weighted by Crippen LogP contribution is -2.14. The van der Waals surface area contributed by atoms with E-state index in [1.54, 1.807) is 18.1 Å². The summed E-state index contributed by atoms with van der Waals surface area (Å²) in [7, 11) is 0. The predicted octanol–water partition coefficient (Wildman–Crippen LogP) is 9.21. The van der Waals surface area contributed by atoms with E-state index in [1.807, 2.05) is 12.1 Å². The fourth-order valence-electron chi connectivity index (χ4n) is 4.72. The van der Waals surface area contributed by atoms with E-state index >= 15 is 0 Å². The van der Waals surface area contributed by atoms with Gasteiger partial charge in [0, 0.05) is 5.92 Å². The Morgan fingerprint density at radius 3 is 1.84 bits per heavy atom. The van der Waals surface area contributed by atoms with Gasteiger partial charge in [-0.3, -0.25) is 0 Å². The number of benzene rings is 2. The molecule has 1 fully saturated rings. The fourth-order valence-corrected chi connectivity index (χ4v) is 4.72. The van der Waals surface area contributed by atoms with E-state index in [2.05, 4.69) is 35.9 Å². The van der Waals surface area contributed by atoms with Crippen LogP contribution in [0.25, 0.3) is 11.1 Å². The molecule has 1 aliphatic carbocycles. The smallest absolute Gasteiger partial charge is 0.387 e. The Bertz CT molecular complexity index is 731. The minimum Gasteiger partial charge on any atom is -0.435 e. The first-order valence-electron chi connectivity index (χ1n) is 12.2. The normalized spacial score (nSPS) is 15.5. The molecule has 0 N–H and O–H groups in total. The summed E-state index contributed by atoms with van der Waals surface area (Å²) >= 11 is 0. The number of halogens is 2. The molecule has 1 radical (unpaired) electrons. The van der Waals surface area contributed by atoms with E-state index in [-0.39, 0.29) is 5.75 Å². The van der Waals surface area contributed by atoms with Crippen LogP contribution in [0.2, 0.25) is 0 Å². The Hall–Kier alpha value is -1.90. The van der Waals surface area contributed by atoms with Gasteiger partial charge in [-0.05, 0) is 60.4 Å². The van der Waals surface area contributed by atoms with Crippen molar-refractivity contribution in [3.8, 4) is 16.9 Å². The molecule has 1 saturated carbocycles. The van der Waals surface area contributed by atoms with E-state index in [4.69, 9.17) is 0 Å². The Kier molecular flexibility index (Phi) is 9.84. The molecule has 0 aliphatic heterocycles. The maximum Gasteiger partial charge on any atom is 0.387 e. The number of alkyl halides is 2. The molecule has 0 spiro atoms. The third-order valence-electron chi connectivity index (χ3n) is 6.63. The van der Waals surface area contributed by atoms with Crippen LogP contribution >= 0.6 is 0 Å². The van der Waals surface area contributed by atoms with Gasteiger partial charge < -0.3 is 4.74 Å². The van der Waals surface area contributed by atoms with Crippen LogP contribution in [-0.4, -0.2) is 6.61 Å². The molecular weight excluding hydrogens is 390 g/mol. The molecule has 169 valence electrons. The van der Waals surface area contributed by atoms with Crippen molar-refractivity contribution in [1.29, 1.82) is 0 Å². The summed E-state index contributed by atoms with van der Waals surface area (Å²) in [5.41, 5.74) is 3.47. The second-order valence-corrected chi connectivity index (χ2v) is 8.94. The zero-order valence-electron chi connectivity index (χ0n) is 18.9. The number of ether oxygens (including phenoxy) is 1. The van der Waals surface area contributed by atoms with Crippen molar-refractivity contribution in [2.45, 2.75) is 90.6 Å². The summed E-state index contributed by atoms with van der Waals surface area (Å²) in [6.45, 7) is -0.509. The van der Waals surface area contributed by atoms with Crippen molar-refractivity contribution in [2.75, 3.05) is 0 Å². The highest BCUT2D eigenvalue weighted by Crippen LogP contribution is 2.37. The van der Waals surface area contributed by atoms with Gasteiger partial charge in [0.15, 0.2) is 0 Å². The van der Waals surface area contributed by atoms with Crippen LogP contribution in [0.1, 0.15) is 89.5 Å². The lowest BCUT2D eigenvalue weighted by Gasteiger charge is -2.28. The quantitative estimate of drug-likeness (QED) is 0.307. The van der Waals surface area contributed by atoms with Gasteiger partial charge in [-0.25, -0.2) is 0 Å². The maximum atomic E-state index is 12.3. The van der Waals surface area contributed by atoms with Crippen molar-refractivity contribution < 1.29 is 13.5 Å². The van der Waals surface area contributed by atoms with Crippen LogP contribution in [-0.2, 0) is 0 Å². The van der Waals surface area contributed by atoms with Gasteiger partial charge in [0.1, 0.15) is 5.75 Å². The lowest BCUT2D eigenvalue weighted by molar-refractivity contribution is -0.0498. The van der Waals surface area contributed by atoms with Crippen LogP contribution in [0.5, 0.6) is 5.75 Å². The first-order chi connectivity index (χ1) is 15.2. The Balaban J connectivity index is 1.40. The number of rotatable bonds is 12. The molecular formula is C28H37F2O. The molecule has 31 heavy (non-hydrogen) atoms. The third kappa shape index (κ3) is 7.94. The zero-order chi connectivity index (χ0) is 21.9. The van der Waals surface area contributed by atoms with Gasteiger partial charge >= 0.3 is 6.61 Å². The standard InChI is InChI=1S/C28H37F2O/c1-2-3-4-5-6-7-8-9-22-10-12-23(13-11-22)24-14-16-25(17-15-24)26-18-20-27(21-19-26)31-28(29)30/h14-22,28H,2-13H2,1H3. The van der Waals surface area contributed by atoms with Gasteiger partial charge in [0.05, 0.1) is 0 Å². The average Bonchev–Trinajstić information content (AvgIpc) is 2.79. The van der Waals surface area contributed by atoms with Crippen molar-refractivity contribution in [1.82, 2.24) is 0 Å². The molecule has 0 saturated heterocycles. The zero-order valence-corrected chi connectivity index (χ0v) is 18.9. The minimum atomic E-state index is -2.78. The van der Waals surface area contributed by atoms with Crippen molar-refractivity contribution in [3.05, 3.63) is 60.0 Å². The van der Waals surface area contributed by atoms with E-state index in [0.717, 1.165) is 17.0 Å². The third-order valence-corrected chi connectivity index (χ3v) is 6.63. The van der Waals surface area contributed by atoms with E-state index < -0.39 is 6.61 Å². The number of hydrogen-bond donors (Lipinski definition) is 0. The van der Waals surface area contributed by atoms with Gasteiger partial charge in [-0.15, -0.1) is 0 Å². The Labute approximate surface area is 187 Å². The van der Waals surface area contributed by atoms with Gasteiger partial charge in [0.25, 0.3) is 0 Å². The predicted molar refractivity (Wildman–Crippen MR) is 125 cm³/mol. The highest BCUT2D eigenvalue weighted by molar-refractivity contribution is 5.65. The average molecular weight is 428 g/mol. The summed E-state index contributed by atoms with van der Waals surface area (Å²) in [5, 5.41) is 0. The molecule has 0 atom stereocenters. The largest absolute Gasteiger partial charge is 0.435 e. The van der Waals surface area contributed by atoms with Crippen LogP contribution in [0, 0.1) is 11.8 Å². The van der Waals surface area contributed by atoms with Crippen LogP contribution in [0.4, 0.5) is 8.78 Å². The minimum absolute atomic E-state index is 0.194. The molecule has 3 rings (SSSR count). The van der Waals surface area contributed by atoms with E-state index in [0.29, 0.717) is 0 Å². The molecule has 0 unspecified atom stereocenters. The monoisotopic (exact) mass is 427 g/mol. The molecule has 1 nitrogen and oxygen atoms in total. The molecule has 0 bridgehead atoms. The summed E-state index contributed by atoms with van der Waals surface area (Å²) in [6, 6.07) is 15.5. The second-order valence-electron chi connectivity index (χ2n) is 8.94. The number of unbranched alkanes of at least 4 members (excludes halogenated alkanes) is 6. The summed E-state index contributed by atoms with van der Waals surface area (Å²) in [4.78, 5) is 0. The van der Waals surface area contributed by atoms with Crippen molar-refractivity contribution >= 4 is 0 Å². The Morgan fingerprint density at radius 1 is 0.742 bits per heavy atom. The molecule has 0 aromatic heterocycles.